The average Bonchev–Trinajstić information content (AvgIpc) is 2.40. The molecule has 2 rings (SSSR count). The van der Waals surface area contributed by atoms with Crippen molar-refractivity contribution in [3.63, 3.8) is 0 Å². The summed E-state index contributed by atoms with van der Waals surface area (Å²) in [6.45, 7) is 1.49. The van der Waals surface area contributed by atoms with E-state index in [9.17, 15) is 22.7 Å². The Morgan fingerprint density at radius 2 is 1.90 bits per heavy atom. The van der Waals surface area contributed by atoms with Gasteiger partial charge in [0.1, 0.15) is 10.8 Å². The summed E-state index contributed by atoms with van der Waals surface area (Å²) in [6, 6.07) is 6.30. The summed E-state index contributed by atoms with van der Waals surface area (Å²) >= 11 is 0.875. The van der Waals surface area contributed by atoms with Gasteiger partial charge in [0.05, 0.1) is 16.6 Å². The maximum atomic E-state index is 13.8. The summed E-state index contributed by atoms with van der Waals surface area (Å²) in [5.41, 5.74) is -0.502. The fraction of sp³-hybridized carbons (Fsp3) is 0.214. The van der Waals surface area contributed by atoms with Gasteiger partial charge in [0, 0.05) is 6.20 Å². The molecule has 7 heteroatoms. The fourth-order valence-electron chi connectivity index (χ4n) is 1.68. The number of nitrogens with zero attached hydrogens (tertiary/aromatic N) is 1. The molecule has 21 heavy (non-hydrogen) atoms. The van der Waals surface area contributed by atoms with Crippen LogP contribution < -0.4 is 0 Å². The maximum absolute atomic E-state index is 13.8. The van der Waals surface area contributed by atoms with E-state index < -0.39 is 23.7 Å². The molecule has 1 atom stereocenters. The third-order valence-electron chi connectivity index (χ3n) is 2.72. The van der Waals surface area contributed by atoms with E-state index in [1.165, 1.54) is 25.1 Å². The Bertz CT molecular complexity index is 626. The molecule has 2 aromatic rings. The van der Waals surface area contributed by atoms with Crippen molar-refractivity contribution in [3.05, 3.63) is 53.5 Å². The molecule has 0 unspecified atom stereocenters. The molecule has 112 valence electrons. The first kappa shape index (κ1) is 15.8. The van der Waals surface area contributed by atoms with Crippen LogP contribution in [0.15, 0.2) is 46.5 Å². The van der Waals surface area contributed by atoms with Gasteiger partial charge in [-0.1, -0.05) is 23.9 Å². The van der Waals surface area contributed by atoms with Gasteiger partial charge in [0.2, 0.25) is 0 Å². The molecule has 1 aromatic heterocycles. The number of pyridine rings is 1. The van der Waals surface area contributed by atoms with Crippen molar-refractivity contribution in [1.82, 2.24) is 4.98 Å². The minimum atomic E-state index is -4.46. The first-order valence-electron chi connectivity index (χ1n) is 5.96. The third kappa shape index (κ3) is 3.74. The molecule has 1 aromatic carbocycles. The van der Waals surface area contributed by atoms with Crippen LogP contribution in [0.25, 0.3) is 0 Å². The van der Waals surface area contributed by atoms with Gasteiger partial charge < -0.3 is 5.11 Å². The van der Waals surface area contributed by atoms with Gasteiger partial charge >= 0.3 is 6.18 Å². The van der Waals surface area contributed by atoms with E-state index in [4.69, 9.17) is 0 Å². The van der Waals surface area contributed by atoms with Gasteiger partial charge in [-0.3, -0.25) is 0 Å². The lowest BCUT2D eigenvalue weighted by Gasteiger charge is -2.12. The van der Waals surface area contributed by atoms with E-state index in [0.29, 0.717) is 11.8 Å². The molecule has 0 fully saturated rings. The molecule has 1 N–H and O–H groups in total. The van der Waals surface area contributed by atoms with Gasteiger partial charge in [0.25, 0.3) is 0 Å². The highest BCUT2D eigenvalue weighted by atomic mass is 32.2. The van der Waals surface area contributed by atoms with Crippen LogP contribution in [-0.2, 0) is 6.18 Å². The molecule has 0 aliphatic heterocycles. The van der Waals surface area contributed by atoms with Crippen molar-refractivity contribution < 1.29 is 22.7 Å². The van der Waals surface area contributed by atoms with Crippen molar-refractivity contribution in [2.24, 2.45) is 0 Å². The van der Waals surface area contributed by atoms with E-state index in [-0.39, 0.29) is 9.92 Å². The first-order valence-corrected chi connectivity index (χ1v) is 6.78. The largest absolute Gasteiger partial charge is 0.417 e. The van der Waals surface area contributed by atoms with E-state index in [1.54, 1.807) is 6.07 Å². The number of hydrogen-bond donors (Lipinski definition) is 1. The minimum absolute atomic E-state index is 0.153. The summed E-state index contributed by atoms with van der Waals surface area (Å²) in [4.78, 5) is 3.83. The quantitative estimate of drug-likeness (QED) is 0.849. The lowest BCUT2D eigenvalue weighted by molar-refractivity contribution is -0.137. The SMILES string of the molecule is C[C@@H](O)c1cccc(F)c1Sc1ccc(C(F)(F)F)cn1. The molecule has 0 bridgehead atoms. The smallest absolute Gasteiger partial charge is 0.389 e. The molecule has 2 nitrogen and oxygen atoms in total. The zero-order chi connectivity index (χ0) is 15.6. The highest BCUT2D eigenvalue weighted by molar-refractivity contribution is 7.99. The number of hydrogen-bond acceptors (Lipinski definition) is 3. The molecule has 0 aliphatic rings. The van der Waals surface area contributed by atoms with Crippen molar-refractivity contribution >= 4 is 11.8 Å². The molecule has 0 saturated heterocycles. The summed E-state index contributed by atoms with van der Waals surface area (Å²) in [6.07, 6.45) is -4.65. The molecular weight excluding hydrogens is 306 g/mol. The van der Waals surface area contributed by atoms with Gasteiger partial charge in [-0.15, -0.1) is 0 Å². The van der Waals surface area contributed by atoms with Crippen molar-refractivity contribution in [2.75, 3.05) is 0 Å². The van der Waals surface area contributed by atoms with Crippen LogP contribution in [0.2, 0.25) is 0 Å². The zero-order valence-corrected chi connectivity index (χ0v) is 11.7. The molecular formula is C14H11F4NOS. The second kappa shape index (κ2) is 6.03. The van der Waals surface area contributed by atoms with E-state index >= 15 is 0 Å². The second-order valence-corrected chi connectivity index (χ2v) is 5.35. The Balaban J connectivity index is 2.31. The number of aliphatic hydroxyl groups excluding tert-OH is 1. The average molecular weight is 317 g/mol. The molecule has 0 spiro atoms. The van der Waals surface area contributed by atoms with Crippen LogP contribution in [0.4, 0.5) is 17.6 Å². The highest BCUT2D eigenvalue weighted by Gasteiger charge is 2.30. The number of rotatable bonds is 3. The van der Waals surface area contributed by atoms with Crippen LogP contribution in [-0.4, -0.2) is 10.1 Å². The molecule has 0 saturated carbocycles. The van der Waals surface area contributed by atoms with Gasteiger partial charge in [-0.25, -0.2) is 9.37 Å². The van der Waals surface area contributed by atoms with Crippen LogP contribution in [0, 0.1) is 5.82 Å². The Morgan fingerprint density at radius 1 is 1.19 bits per heavy atom. The van der Waals surface area contributed by atoms with E-state index in [0.717, 1.165) is 17.8 Å². The molecule has 0 aliphatic carbocycles. The number of halogens is 4. The molecule has 1 heterocycles. The van der Waals surface area contributed by atoms with Gasteiger partial charge in [-0.2, -0.15) is 13.2 Å². The summed E-state index contributed by atoms with van der Waals surface area (Å²) in [5.74, 6) is -0.555. The predicted octanol–water partition coefficient (Wildman–Crippen LogP) is 4.44. The molecule has 0 amide bonds. The zero-order valence-electron chi connectivity index (χ0n) is 10.9. The Labute approximate surface area is 122 Å². The topological polar surface area (TPSA) is 33.1 Å². The van der Waals surface area contributed by atoms with Crippen LogP contribution in [0.1, 0.15) is 24.2 Å². The van der Waals surface area contributed by atoms with Gasteiger partial charge in [0.15, 0.2) is 0 Å². The Morgan fingerprint density at radius 3 is 2.43 bits per heavy atom. The van der Waals surface area contributed by atoms with E-state index in [1.807, 2.05) is 0 Å². The minimum Gasteiger partial charge on any atom is -0.389 e. The second-order valence-electron chi connectivity index (χ2n) is 4.32. The first-order chi connectivity index (χ1) is 9.79. The lowest BCUT2D eigenvalue weighted by atomic mass is 10.1. The monoisotopic (exact) mass is 317 g/mol. The summed E-state index contributed by atoms with van der Waals surface area (Å²) < 4.78 is 51.1. The summed E-state index contributed by atoms with van der Waals surface area (Å²) in [5, 5.41) is 9.83. The Hall–Kier alpha value is -1.60. The fourth-order valence-corrected chi connectivity index (χ4v) is 2.65. The van der Waals surface area contributed by atoms with Crippen LogP contribution >= 0.6 is 11.8 Å². The van der Waals surface area contributed by atoms with Crippen molar-refractivity contribution in [2.45, 2.75) is 29.1 Å². The van der Waals surface area contributed by atoms with Gasteiger partial charge in [-0.05, 0) is 30.7 Å². The van der Waals surface area contributed by atoms with Crippen LogP contribution in [0.5, 0.6) is 0 Å². The normalized spacial score (nSPS) is 13.2. The highest BCUT2D eigenvalue weighted by Crippen LogP contribution is 2.35. The number of aliphatic hydroxyl groups is 1. The lowest BCUT2D eigenvalue weighted by Crippen LogP contribution is -2.05. The number of benzene rings is 1. The Kier molecular flexibility index (Phi) is 4.53. The molecule has 0 radical (unpaired) electrons. The number of aromatic nitrogens is 1. The predicted molar refractivity (Wildman–Crippen MR) is 70.4 cm³/mol. The third-order valence-corrected chi connectivity index (χ3v) is 3.80. The standard InChI is InChI=1S/C14H11F4NOS/c1-8(20)10-3-2-4-11(15)13(10)21-12-6-5-9(7-19-12)14(16,17)18/h2-8,20H,1H3/t8-/m1/s1. The van der Waals surface area contributed by atoms with Crippen molar-refractivity contribution in [1.29, 1.82) is 0 Å². The number of alkyl halides is 3. The van der Waals surface area contributed by atoms with E-state index in [2.05, 4.69) is 4.98 Å². The van der Waals surface area contributed by atoms with Crippen molar-refractivity contribution in [3.8, 4) is 0 Å². The maximum Gasteiger partial charge on any atom is 0.417 e. The van der Waals surface area contributed by atoms with Crippen LogP contribution in [0.3, 0.4) is 0 Å². The summed E-state index contributed by atoms with van der Waals surface area (Å²) in [7, 11) is 0.